The molecule has 0 spiro atoms. The van der Waals surface area contributed by atoms with Gasteiger partial charge in [-0.25, -0.2) is 0 Å². The number of unbranched alkanes of at least 4 members (excludes halogenated alkanes) is 48. The Hall–Kier alpha value is -2.66. The van der Waals surface area contributed by atoms with E-state index in [1.807, 2.05) is 0 Å². The summed E-state index contributed by atoms with van der Waals surface area (Å²) in [5.74, 6) is -0.573. The fourth-order valence-corrected chi connectivity index (χ4v) is 11.1. The Kier molecular flexibility index (Phi) is 70.2. The molecule has 0 radical (unpaired) electrons. The van der Waals surface area contributed by atoms with Gasteiger partial charge in [0.25, 0.3) is 0 Å². The van der Waals surface area contributed by atoms with Crippen molar-refractivity contribution < 1.29 is 24.2 Å². The Balaban J connectivity index is 3.41. The van der Waals surface area contributed by atoms with Crippen molar-refractivity contribution in [3.63, 3.8) is 0 Å². The highest BCUT2D eigenvalue weighted by Gasteiger charge is 2.16. The van der Waals surface area contributed by atoms with E-state index in [-0.39, 0.29) is 25.2 Å². The number of hydrogen-bond acceptors (Lipinski definition) is 5. The number of hydrogen-bond donors (Lipinski definition) is 1. The molecule has 82 heavy (non-hydrogen) atoms. The third-order valence-corrected chi connectivity index (χ3v) is 16.5. The zero-order valence-electron chi connectivity index (χ0n) is 55.0. The molecule has 0 saturated heterocycles. The molecule has 0 bridgehead atoms. The number of esters is 2. The van der Waals surface area contributed by atoms with Gasteiger partial charge in [0.1, 0.15) is 6.61 Å². The Labute approximate surface area is 512 Å². The molecule has 5 nitrogen and oxygen atoms in total. The number of ether oxygens (including phenoxy) is 2. The lowest BCUT2D eigenvalue weighted by Crippen LogP contribution is -2.28. The Morgan fingerprint density at radius 2 is 0.524 bits per heavy atom. The lowest BCUT2D eigenvalue weighted by atomic mass is 10.0. The summed E-state index contributed by atoms with van der Waals surface area (Å²) in [6.07, 6.45) is 101. The van der Waals surface area contributed by atoms with E-state index in [0.29, 0.717) is 12.8 Å². The average Bonchev–Trinajstić information content (AvgIpc) is 3.49. The largest absolute Gasteiger partial charge is 0.462 e. The van der Waals surface area contributed by atoms with Gasteiger partial charge in [-0.2, -0.15) is 0 Å². The predicted octanol–water partition coefficient (Wildman–Crippen LogP) is 25.4. The van der Waals surface area contributed by atoms with Crippen LogP contribution in [0.25, 0.3) is 0 Å². The minimum absolute atomic E-state index is 0.0630. The fourth-order valence-electron chi connectivity index (χ4n) is 11.1. The number of allylic oxidation sites excluding steroid dienone is 12. The van der Waals surface area contributed by atoms with Gasteiger partial charge in [-0.3, -0.25) is 9.59 Å². The molecule has 0 aliphatic rings. The van der Waals surface area contributed by atoms with Crippen molar-refractivity contribution in [2.75, 3.05) is 13.2 Å². The molecule has 0 rings (SSSR count). The van der Waals surface area contributed by atoms with Gasteiger partial charge in [0.05, 0.1) is 6.61 Å². The second-order valence-corrected chi connectivity index (χ2v) is 24.7. The molecule has 0 aliphatic carbocycles. The Bertz CT molecular complexity index is 1440. The SMILES string of the molecule is CC/C=C\C/C=C\C/C=C\C/C=C\C/C=C\C/C=C\CCCCCCCCCCCCCCCCC(=O)OC(CO)COC(=O)CCCCCCCCCCCCCCCCCCCCCCCCCCCCCCCCCCCCC. The zero-order valence-corrected chi connectivity index (χ0v) is 55.0. The van der Waals surface area contributed by atoms with Crippen LogP contribution in [0.15, 0.2) is 72.9 Å². The van der Waals surface area contributed by atoms with Gasteiger partial charge in [0.2, 0.25) is 0 Å². The van der Waals surface area contributed by atoms with Crippen LogP contribution in [0, 0.1) is 0 Å². The normalized spacial score (nSPS) is 12.6. The van der Waals surface area contributed by atoms with Crippen LogP contribution >= 0.6 is 0 Å². The second-order valence-electron chi connectivity index (χ2n) is 24.7. The van der Waals surface area contributed by atoms with Crippen LogP contribution < -0.4 is 0 Å². The van der Waals surface area contributed by atoms with E-state index < -0.39 is 6.10 Å². The van der Waals surface area contributed by atoms with Crippen LogP contribution in [-0.4, -0.2) is 36.4 Å². The van der Waals surface area contributed by atoms with Crippen molar-refractivity contribution in [3.8, 4) is 0 Å². The summed E-state index contributed by atoms with van der Waals surface area (Å²) in [5, 5.41) is 9.71. The molecule has 0 fully saturated rings. The molecule has 0 aromatic carbocycles. The zero-order chi connectivity index (χ0) is 59.1. The van der Waals surface area contributed by atoms with Crippen LogP contribution in [-0.2, 0) is 19.1 Å². The first-order valence-electron chi connectivity index (χ1n) is 36.5. The first kappa shape index (κ1) is 79.3. The van der Waals surface area contributed by atoms with E-state index in [4.69, 9.17) is 9.47 Å². The van der Waals surface area contributed by atoms with Gasteiger partial charge < -0.3 is 14.6 Å². The number of carbonyl (C=O) groups is 2. The molecule has 1 atom stereocenters. The fraction of sp³-hybridized carbons (Fsp3) is 0.818. The molecule has 0 saturated carbocycles. The predicted molar refractivity (Wildman–Crippen MR) is 362 cm³/mol. The van der Waals surface area contributed by atoms with Crippen molar-refractivity contribution in [2.24, 2.45) is 0 Å². The monoisotopic (exact) mass is 1150 g/mol. The maximum absolute atomic E-state index is 12.4. The molecular weight excluding hydrogens is 1000 g/mol. The molecule has 0 amide bonds. The summed E-state index contributed by atoms with van der Waals surface area (Å²) in [5.41, 5.74) is 0. The van der Waals surface area contributed by atoms with Gasteiger partial charge in [0.15, 0.2) is 6.10 Å². The minimum Gasteiger partial charge on any atom is -0.462 e. The Morgan fingerprint density at radius 3 is 0.793 bits per heavy atom. The molecule has 5 heteroatoms. The standard InChI is InChI=1S/C77H140O5/c1-3-5-7-9-11-13-15-17-19-21-23-25-27-29-31-33-35-37-38-40-41-43-45-47-49-51-53-55-57-59-61-63-65-67-69-71-76(79)81-74-75(73-78)82-77(80)72-70-68-66-64-62-60-58-56-54-52-50-48-46-44-42-39-36-34-32-30-28-26-24-22-20-18-16-14-12-10-8-6-4-2/h6,8,12,14,18,20,24,26,30,32,36,39,75,78H,3-5,7,9-11,13,15-17,19,21-23,25,27-29,31,33-35,37-38,40-74H2,1-2H3/b8-6-,14-12-,20-18-,26-24-,32-30-,39-36-. The molecule has 1 unspecified atom stereocenters. The first-order valence-corrected chi connectivity index (χ1v) is 36.5. The third kappa shape index (κ3) is 69.8. The van der Waals surface area contributed by atoms with Crippen molar-refractivity contribution in [1.82, 2.24) is 0 Å². The third-order valence-electron chi connectivity index (χ3n) is 16.5. The van der Waals surface area contributed by atoms with Gasteiger partial charge >= 0.3 is 11.9 Å². The van der Waals surface area contributed by atoms with Gasteiger partial charge in [-0.05, 0) is 64.2 Å². The van der Waals surface area contributed by atoms with Crippen LogP contribution in [0.1, 0.15) is 386 Å². The molecule has 1 N–H and O–H groups in total. The minimum atomic E-state index is -0.775. The van der Waals surface area contributed by atoms with Crippen molar-refractivity contribution >= 4 is 11.9 Å². The Morgan fingerprint density at radius 1 is 0.293 bits per heavy atom. The molecule has 0 aromatic heterocycles. The van der Waals surface area contributed by atoms with Crippen molar-refractivity contribution in [3.05, 3.63) is 72.9 Å². The maximum atomic E-state index is 12.4. The molecule has 0 aliphatic heterocycles. The lowest BCUT2D eigenvalue weighted by molar-refractivity contribution is -0.161. The van der Waals surface area contributed by atoms with Crippen molar-refractivity contribution in [2.45, 2.75) is 392 Å². The summed E-state index contributed by atoms with van der Waals surface area (Å²) < 4.78 is 10.8. The number of aliphatic hydroxyl groups is 1. The highest BCUT2D eigenvalue weighted by molar-refractivity contribution is 5.70. The number of rotatable bonds is 68. The van der Waals surface area contributed by atoms with E-state index in [2.05, 4.69) is 86.8 Å². The topological polar surface area (TPSA) is 72.8 Å². The first-order chi connectivity index (χ1) is 40.6. The van der Waals surface area contributed by atoms with E-state index in [1.165, 1.54) is 283 Å². The van der Waals surface area contributed by atoms with Crippen molar-refractivity contribution in [1.29, 1.82) is 0 Å². The summed E-state index contributed by atoms with van der Waals surface area (Å²) in [4.78, 5) is 24.7. The smallest absolute Gasteiger partial charge is 0.306 e. The van der Waals surface area contributed by atoms with Gasteiger partial charge in [-0.1, -0.05) is 382 Å². The quantitative estimate of drug-likeness (QED) is 0.0373. The van der Waals surface area contributed by atoms with Crippen LogP contribution in [0.2, 0.25) is 0 Å². The molecule has 0 aromatic rings. The van der Waals surface area contributed by atoms with E-state index >= 15 is 0 Å². The van der Waals surface area contributed by atoms with E-state index in [0.717, 1.165) is 77.0 Å². The highest BCUT2D eigenvalue weighted by atomic mass is 16.6. The van der Waals surface area contributed by atoms with Gasteiger partial charge in [-0.15, -0.1) is 0 Å². The lowest BCUT2D eigenvalue weighted by Gasteiger charge is -2.15. The maximum Gasteiger partial charge on any atom is 0.306 e. The van der Waals surface area contributed by atoms with Crippen LogP contribution in [0.4, 0.5) is 0 Å². The second kappa shape index (κ2) is 72.6. The van der Waals surface area contributed by atoms with Crippen LogP contribution in [0.3, 0.4) is 0 Å². The summed E-state index contributed by atoms with van der Waals surface area (Å²) in [7, 11) is 0. The molecule has 0 heterocycles. The van der Waals surface area contributed by atoms with Gasteiger partial charge in [0, 0.05) is 12.8 Å². The molecular formula is C77H140O5. The summed E-state index contributed by atoms with van der Waals surface area (Å²) in [6.45, 7) is 4.08. The van der Waals surface area contributed by atoms with Crippen LogP contribution in [0.5, 0.6) is 0 Å². The highest BCUT2D eigenvalue weighted by Crippen LogP contribution is 2.19. The summed E-state index contributed by atoms with van der Waals surface area (Å²) >= 11 is 0. The van der Waals surface area contributed by atoms with E-state index in [9.17, 15) is 14.7 Å². The number of carbonyl (C=O) groups excluding carboxylic acids is 2. The average molecular weight is 1150 g/mol. The van der Waals surface area contributed by atoms with E-state index in [1.54, 1.807) is 0 Å². The summed E-state index contributed by atoms with van der Waals surface area (Å²) in [6, 6.07) is 0. The number of aliphatic hydroxyl groups excluding tert-OH is 1. The molecule has 478 valence electrons.